The van der Waals surface area contributed by atoms with Gasteiger partial charge >= 0.3 is 0 Å². The van der Waals surface area contributed by atoms with Crippen molar-refractivity contribution < 1.29 is 4.79 Å². The van der Waals surface area contributed by atoms with E-state index in [1.165, 1.54) is 11.3 Å². The summed E-state index contributed by atoms with van der Waals surface area (Å²) in [4.78, 5) is 15.3. The number of carbonyl (C=O) groups is 1. The molecular weight excluding hydrogens is 246 g/mol. The quantitative estimate of drug-likeness (QED) is 0.660. The highest BCUT2D eigenvalue weighted by Gasteiger charge is 2.08. The molecule has 0 bridgehead atoms. The molecule has 0 N–H and O–H groups in total. The lowest BCUT2D eigenvalue weighted by Crippen LogP contribution is -1.95. The van der Waals surface area contributed by atoms with Gasteiger partial charge < -0.3 is 0 Å². The average molecular weight is 253 g/mol. The number of hydrogen-bond donors (Lipinski definition) is 0. The molecule has 4 nitrogen and oxygen atoms in total. The van der Waals surface area contributed by atoms with E-state index in [4.69, 9.17) is 5.26 Å². The monoisotopic (exact) mass is 253 g/mol. The molecule has 0 aliphatic carbocycles. The molecule has 2 heterocycles. The van der Waals surface area contributed by atoms with Gasteiger partial charge in [0.1, 0.15) is 0 Å². The van der Waals surface area contributed by atoms with E-state index in [1.807, 2.05) is 6.07 Å². The fraction of sp³-hybridized carbons (Fsp3) is 0. The molecule has 0 radical (unpaired) electrons. The van der Waals surface area contributed by atoms with Crippen LogP contribution in [0.15, 0.2) is 36.5 Å². The minimum absolute atomic E-state index is 0.564. The lowest BCUT2D eigenvalue weighted by molar-refractivity contribution is 0.111. The number of hydrogen-bond acceptors (Lipinski definition) is 4. The largest absolute Gasteiger partial charge is 0.296 e. The van der Waals surface area contributed by atoms with Crippen molar-refractivity contribution in [3.63, 3.8) is 0 Å². The Hall–Kier alpha value is -2.45. The van der Waals surface area contributed by atoms with Crippen molar-refractivity contribution >= 4 is 27.8 Å². The van der Waals surface area contributed by atoms with Crippen LogP contribution in [0, 0.1) is 11.3 Å². The summed E-state index contributed by atoms with van der Waals surface area (Å²) in [5.41, 5.74) is 2.01. The summed E-state index contributed by atoms with van der Waals surface area (Å²) in [6.45, 7) is 0. The van der Waals surface area contributed by atoms with E-state index in [9.17, 15) is 4.79 Å². The molecule has 0 atom stereocenters. The third-order valence-electron chi connectivity index (χ3n) is 2.61. The number of nitrogens with zero attached hydrogens (tertiary/aromatic N) is 3. The maximum atomic E-state index is 10.9. The first-order valence-electron chi connectivity index (χ1n) is 5.25. The van der Waals surface area contributed by atoms with Gasteiger partial charge in [0.15, 0.2) is 11.4 Å². The number of nitriles is 1. The summed E-state index contributed by atoms with van der Waals surface area (Å²) in [6, 6.07) is 11.0. The van der Waals surface area contributed by atoms with Crippen LogP contribution in [0.1, 0.15) is 16.1 Å². The minimum atomic E-state index is 0.564. The van der Waals surface area contributed by atoms with Crippen molar-refractivity contribution in [2.75, 3.05) is 0 Å². The van der Waals surface area contributed by atoms with Gasteiger partial charge in [-0.3, -0.25) is 9.36 Å². The summed E-state index contributed by atoms with van der Waals surface area (Å²) in [6.07, 6.45) is 2.60. The van der Waals surface area contributed by atoms with E-state index in [0.29, 0.717) is 11.3 Å². The molecule has 3 rings (SSSR count). The fourth-order valence-corrected chi connectivity index (χ4v) is 2.76. The number of benzene rings is 1. The Morgan fingerprint density at radius 1 is 1.39 bits per heavy atom. The molecule has 0 spiro atoms. The van der Waals surface area contributed by atoms with Gasteiger partial charge in [0.05, 0.1) is 27.5 Å². The maximum absolute atomic E-state index is 10.9. The Morgan fingerprint density at radius 3 is 3.06 bits per heavy atom. The molecule has 0 saturated heterocycles. The standard InChI is InChI=1S/C13H7N3OS/c14-7-9-3-4-11-12(6-9)18-13(15-11)16-5-1-2-10(16)8-17/h1-6,8H. The van der Waals surface area contributed by atoms with Crippen LogP contribution in [0.2, 0.25) is 0 Å². The van der Waals surface area contributed by atoms with Crippen LogP contribution in [0.4, 0.5) is 0 Å². The predicted molar refractivity (Wildman–Crippen MR) is 69.0 cm³/mol. The summed E-state index contributed by atoms with van der Waals surface area (Å²) in [5.74, 6) is 0. The van der Waals surface area contributed by atoms with E-state index in [1.54, 1.807) is 35.0 Å². The number of aldehydes is 1. The van der Waals surface area contributed by atoms with Crippen molar-refractivity contribution in [1.29, 1.82) is 5.26 Å². The third kappa shape index (κ3) is 1.60. The summed E-state index contributed by atoms with van der Waals surface area (Å²) >= 11 is 1.46. The second kappa shape index (κ2) is 4.09. The van der Waals surface area contributed by atoms with Gasteiger partial charge in [-0.1, -0.05) is 11.3 Å². The Kier molecular flexibility index (Phi) is 2.43. The molecule has 0 fully saturated rings. The number of aromatic nitrogens is 2. The third-order valence-corrected chi connectivity index (χ3v) is 3.63. The van der Waals surface area contributed by atoms with Crippen LogP contribution in [-0.4, -0.2) is 15.8 Å². The fourth-order valence-electron chi connectivity index (χ4n) is 1.75. The van der Waals surface area contributed by atoms with Crippen molar-refractivity contribution in [1.82, 2.24) is 9.55 Å². The van der Waals surface area contributed by atoms with Crippen molar-refractivity contribution in [3.8, 4) is 11.2 Å². The van der Waals surface area contributed by atoms with E-state index < -0.39 is 0 Å². The highest BCUT2D eigenvalue weighted by molar-refractivity contribution is 7.20. The highest BCUT2D eigenvalue weighted by atomic mass is 32.1. The molecule has 86 valence electrons. The normalized spacial score (nSPS) is 10.4. The van der Waals surface area contributed by atoms with Gasteiger partial charge in [-0.15, -0.1) is 0 Å². The Morgan fingerprint density at radius 2 is 2.28 bits per heavy atom. The molecule has 1 aromatic carbocycles. The van der Waals surface area contributed by atoms with E-state index >= 15 is 0 Å². The van der Waals surface area contributed by atoms with Crippen molar-refractivity contribution in [3.05, 3.63) is 47.8 Å². The lowest BCUT2D eigenvalue weighted by Gasteiger charge is -1.97. The SMILES string of the molecule is N#Cc1ccc2nc(-n3cccc3C=O)sc2c1. The first-order chi connectivity index (χ1) is 8.81. The highest BCUT2D eigenvalue weighted by Crippen LogP contribution is 2.26. The van der Waals surface area contributed by atoms with Crippen LogP contribution >= 0.6 is 11.3 Å². The van der Waals surface area contributed by atoms with Crippen LogP contribution in [-0.2, 0) is 0 Å². The molecule has 0 aliphatic heterocycles. The van der Waals surface area contributed by atoms with Gasteiger partial charge in [0.2, 0.25) is 0 Å². The Bertz CT molecular complexity index is 779. The van der Waals surface area contributed by atoms with Crippen LogP contribution in [0.3, 0.4) is 0 Å². The molecule has 3 aromatic rings. The smallest absolute Gasteiger partial charge is 0.195 e. The van der Waals surface area contributed by atoms with Gasteiger partial charge in [-0.05, 0) is 30.3 Å². The first-order valence-corrected chi connectivity index (χ1v) is 6.07. The predicted octanol–water partition coefficient (Wildman–Crippen LogP) is 2.77. The lowest BCUT2D eigenvalue weighted by atomic mass is 10.2. The molecular formula is C13H7N3OS. The van der Waals surface area contributed by atoms with Crippen LogP contribution in [0.5, 0.6) is 0 Å². The molecule has 0 saturated carbocycles. The van der Waals surface area contributed by atoms with Gasteiger partial charge in [0.25, 0.3) is 0 Å². The number of carbonyl (C=O) groups excluding carboxylic acids is 1. The topological polar surface area (TPSA) is 58.7 Å². The van der Waals surface area contributed by atoms with E-state index in [0.717, 1.165) is 21.6 Å². The average Bonchev–Trinajstić information content (AvgIpc) is 3.03. The van der Waals surface area contributed by atoms with Crippen molar-refractivity contribution in [2.24, 2.45) is 0 Å². The maximum Gasteiger partial charge on any atom is 0.195 e. The Balaban J connectivity index is 2.20. The minimum Gasteiger partial charge on any atom is -0.296 e. The van der Waals surface area contributed by atoms with Gasteiger partial charge in [-0.2, -0.15) is 5.26 Å². The van der Waals surface area contributed by atoms with Crippen LogP contribution in [0.25, 0.3) is 15.3 Å². The molecule has 0 aliphatic rings. The van der Waals surface area contributed by atoms with Gasteiger partial charge in [-0.25, -0.2) is 4.98 Å². The van der Waals surface area contributed by atoms with E-state index in [-0.39, 0.29) is 0 Å². The molecule has 2 aromatic heterocycles. The Labute approximate surface area is 107 Å². The number of fused-ring (bicyclic) bond motifs is 1. The summed E-state index contributed by atoms with van der Waals surface area (Å²) in [7, 11) is 0. The summed E-state index contributed by atoms with van der Waals surface area (Å²) < 4.78 is 2.68. The zero-order valence-corrected chi connectivity index (χ0v) is 10.0. The molecule has 0 unspecified atom stereocenters. The first kappa shape index (κ1) is 10.7. The second-order valence-electron chi connectivity index (χ2n) is 3.71. The molecule has 0 amide bonds. The van der Waals surface area contributed by atoms with Gasteiger partial charge in [0, 0.05) is 6.20 Å². The second-order valence-corrected chi connectivity index (χ2v) is 4.72. The number of rotatable bonds is 2. The zero-order valence-electron chi connectivity index (χ0n) is 9.20. The van der Waals surface area contributed by atoms with Crippen LogP contribution < -0.4 is 0 Å². The van der Waals surface area contributed by atoms with Crippen molar-refractivity contribution in [2.45, 2.75) is 0 Å². The molecule has 5 heteroatoms. The zero-order chi connectivity index (χ0) is 12.5. The summed E-state index contributed by atoms with van der Waals surface area (Å²) in [5, 5.41) is 9.58. The van der Waals surface area contributed by atoms with E-state index in [2.05, 4.69) is 11.1 Å². The number of thiazole rings is 1. The molecule has 18 heavy (non-hydrogen) atoms.